The van der Waals surface area contributed by atoms with E-state index in [2.05, 4.69) is 4.18 Å². The second kappa shape index (κ2) is 3.11. The Morgan fingerprint density at radius 1 is 1.38 bits per heavy atom. The largest absolute Gasteiger partial charge is 0.508 e. The van der Waals surface area contributed by atoms with E-state index in [1.807, 2.05) is 0 Å². The van der Waals surface area contributed by atoms with Gasteiger partial charge < -0.3 is 15.0 Å². The van der Waals surface area contributed by atoms with Crippen LogP contribution in [0.15, 0.2) is 18.2 Å². The molecule has 0 aliphatic rings. The standard InChI is InChI=1S/C6H7NO5S/c7-5-2-1-4(8)3-6(5)12-13(9,10)11/h1-3,8H,7H2,(H,9,10,11). The molecule has 13 heavy (non-hydrogen) atoms. The number of phenolic OH excluding ortho intramolecular Hbond substituents is 1. The van der Waals surface area contributed by atoms with Crippen LogP contribution in [0.25, 0.3) is 0 Å². The first-order chi connectivity index (χ1) is 5.88. The highest BCUT2D eigenvalue weighted by Gasteiger charge is 2.10. The van der Waals surface area contributed by atoms with E-state index in [-0.39, 0.29) is 17.2 Å². The van der Waals surface area contributed by atoms with Gasteiger partial charge in [0.05, 0.1) is 5.69 Å². The van der Waals surface area contributed by atoms with Crippen molar-refractivity contribution in [2.75, 3.05) is 5.73 Å². The highest BCUT2D eigenvalue weighted by molar-refractivity contribution is 7.81. The summed E-state index contributed by atoms with van der Waals surface area (Å²) in [7, 11) is -4.61. The minimum atomic E-state index is -4.61. The number of nitrogen functional groups attached to an aromatic ring is 1. The Morgan fingerprint density at radius 3 is 2.54 bits per heavy atom. The average molecular weight is 205 g/mol. The zero-order valence-electron chi connectivity index (χ0n) is 6.34. The van der Waals surface area contributed by atoms with Crippen LogP contribution in [-0.2, 0) is 10.4 Å². The van der Waals surface area contributed by atoms with Crippen molar-refractivity contribution in [3.05, 3.63) is 18.2 Å². The predicted molar refractivity (Wildman–Crippen MR) is 44.7 cm³/mol. The van der Waals surface area contributed by atoms with E-state index >= 15 is 0 Å². The van der Waals surface area contributed by atoms with Crippen molar-refractivity contribution in [2.45, 2.75) is 0 Å². The average Bonchev–Trinajstić information content (AvgIpc) is 1.94. The molecular formula is C6H7NO5S. The summed E-state index contributed by atoms with van der Waals surface area (Å²) >= 11 is 0. The van der Waals surface area contributed by atoms with Gasteiger partial charge in [0.25, 0.3) is 0 Å². The van der Waals surface area contributed by atoms with Gasteiger partial charge in [0.15, 0.2) is 5.75 Å². The van der Waals surface area contributed by atoms with Crippen LogP contribution in [0, 0.1) is 0 Å². The van der Waals surface area contributed by atoms with E-state index in [0.717, 1.165) is 6.07 Å². The molecule has 0 saturated heterocycles. The maximum Gasteiger partial charge on any atom is 0.446 e. The molecule has 0 atom stereocenters. The van der Waals surface area contributed by atoms with Crippen LogP contribution >= 0.6 is 0 Å². The second-order valence-corrected chi connectivity index (χ2v) is 3.26. The number of anilines is 1. The third-order valence-electron chi connectivity index (χ3n) is 1.19. The van der Waals surface area contributed by atoms with Gasteiger partial charge in [-0.15, -0.1) is 0 Å². The summed E-state index contributed by atoms with van der Waals surface area (Å²) in [5, 5.41) is 8.92. The fourth-order valence-corrected chi connectivity index (χ4v) is 1.08. The molecule has 1 rings (SSSR count). The maximum absolute atomic E-state index is 10.3. The first-order valence-corrected chi connectivity index (χ1v) is 4.50. The lowest BCUT2D eigenvalue weighted by atomic mass is 10.3. The van der Waals surface area contributed by atoms with E-state index in [1.165, 1.54) is 12.1 Å². The number of phenols is 1. The zero-order chi connectivity index (χ0) is 10.1. The maximum atomic E-state index is 10.3. The number of aromatic hydroxyl groups is 1. The Kier molecular flexibility index (Phi) is 2.30. The normalized spacial score (nSPS) is 11.2. The third-order valence-corrected chi connectivity index (χ3v) is 1.58. The molecular weight excluding hydrogens is 198 g/mol. The molecule has 72 valence electrons. The number of benzene rings is 1. The molecule has 4 N–H and O–H groups in total. The van der Waals surface area contributed by atoms with Gasteiger partial charge in [0.2, 0.25) is 0 Å². The number of hydrogen-bond acceptors (Lipinski definition) is 5. The molecule has 1 aromatic carbocycles. The SMILES string of the molecule is Nc1ccc(O)cc1OS(=O)(=O)O. The molecule has 0 saturated carbocycles. The molecule has 7 heteroatoms. The molecule has 0 aromatic heterocycles. The highest BCUT2D eigenvalue weighted by atomic mass is 32.3. The molecule has 0 bridgehead atoms. The van der Waals surface area contributed by atoms with Crippen LogP contribution in [0.3, 0.4) is 0 Å². The molecule has 1 aromatic rings. The van der Waals surface area contributed by atoms with Crippen molar-refractivity contribution in [3.8, 4) is 11.5 Å². The van der Waals surface area contributed by atoms with E-state index in [0.29, 0.717) is 0 Å². The topological polar surface area (TPSA) is 110 Å². The van der Waals surface area contributed by atoms with Crippen LogP contribution in [0.4, 0.5) is 5.69 Å². The van der Waals surface area contributed by atoms with Crippen molar-refractivity contribution in [1.29, 1.82) is 0 Å². The summed E-state index contributed by atoms with van der Waals surface area (Å²) in [6, 6.07) is 3.48. The molecule has 0 heterocycles. The van der Waals surface area contributed by atoms with Crippen molar-refractivity contribution < 1.29 is 22.3 Å². The van der Waals surface area contributed by atoms with Gasteiger partial charge in [-0.1, -0.05) is 0 Å². The second-order valence-electron chi connectivity index (χ2n) is 2.23. The van der Waals surface area contributed by atoms with Crippen molar-refractivity contribution in [2.24, 2.45) is 0 Å². The summed E-state index contributed by atoms with van der Waals surface area (Å²) in [4.78, 5) is 0. The minimum absolute atomic E-state index is 0.00424. The summed E-state index contributed by atoms with van der Waals surface area (Å²) < 4.78 is 32.9. The Morgan fingerprint density at radius 2 is 2.00 bits per heavy atom. The van der Waals surface area contributed by atoms with Gasteiger partial charge in [-0.2, -0.15) is 8.42 Å². The zero-order valence-corrected chi connectivity index (χ0v) is 7.15. The lowest BCUT2D eigenvalue weighted by molar-refractivity contribution is 0.386. The molecule has 0 spiro atoms. The van der Waals surface area contributed by atoms with Crippen LogP contribution in [0.1, 0.15) is 0 Å². The molecule has 0 unspecified atom stereocenters. The van der Waals surface area contributed by atoms with E-state index in [4.69, 9.17) is 15.4 Å². The van der Waals surface area contributed by atoms with Crippen molar-refractivity contribution >= 4 is 16.1 Å². The molecule has 6 nitrogen and oxygen atoms in total. The number of rotatable bonds is 2. The fraction of sp³-hybridized carbons (Fsp3) is 0. The summed E-state index contributed by atoms with van der Waals surface area (Å²) in [6.45, 7) is 0. The molecule has 0 amide bonds. The number of nitrogens with two attached hydrogens (primary N) is 1. The first-order valence-electron chi connectivity index (χ1n) is 3.14. The Labute approximate surface area is 74.5 Å². The van der Waals surface area contributed by atoms with Crippen LogP contribution in [0.2, 0.25) is 0 Å². The van der Waals surface area contributed by atoms with E-state index in [9.17, 15) is 8.42 Å². The quantitative estimate of drug-likeness (QED) is 0.360. The van der Waals surface area contributed by atoms with Gasteiger partial charge in [0.1, 0.15) is 5.75 Å². The smallest absolute Gasteiger partial charge is 0.446 e. The first kappa shape index (κ1) is 9.62. The molecule has 0 aliphatic carbocycles. The third kappa shape index (κ3) is 2.80. The Hall–Kier alpha value is -1.47. The van der Waals surface area contributed by atoms with Crippen LogP contribution in [-0.4, -0.2) is 18.1 Å². The molecule has 0 radical (unpaired) electrons. The number of hydrogen-bond donors (Lipinski definition) is 3. The lowest BCUT2D eigenvalue weighted by Crippen LogP contribution is -2.08. The van der Waals surface area contributed by atoms with Gasteiger partial charge in [0, 0.05) is 6.07 Å². The summed E-state index contributed by atoms with van der Waals surface area (Å²) in [5.41, 5.74) is 5.28. The fourth-order valence-electron chi connectivity index (χ4n) is 0.709. The Balaban J connectivity index is 3.08. The summed E-state index contributed by atoms with van der Waals surface area (Å²) in [5.74, 6) is -0.532. The summed E-state index contributed by atoms with van der Waals surface area (Å²) in [6.07, 6.45) is 0. The van der Waals surface area contributed by atoms with E-state index < -0.39 is 10.4 Å². The van der Waals surface area contributed by atoms with Gasteiger partial charge in [-0.3, -0.25) is 4.55 Å². The van der Waals surface area contributed by atoms with Gasteiger partial charge >= 0.3 is 10.4 Å². The van der Waals surface area contributed by atoms with E-state index in [1.54, 1.807) is 0 Å². The molecule has 0 fully saturated rings. The predicted octanol–water partition coefficient (Wildman–Crippen LogP) is 0.156. The van der Waals surface area contributed by atoms with Crippen molar-refractivity contribution in [1.82, 2.24) is 0 Å². The van der Waals surface area contributed by atoms with Crippen molar-refractivity contribution in [3.63, 3.8) is 0 Å². The van der Waals surface area contributed by atoms with Gasteiger partial charge in [-0.25, -0.2) is 0 Å². The molecule has 0 aliphatic heterocycles. The Bertz CT molecular complexity index is 413. The van der Waals surface area contributed by atoms with Crippen LogP contribution < -0.4 is 9.92 Å². The lowest BCUT2D eigenvalue weighted by Gasteiger charge is -2.04. The van der Waals surface area contributed by atoms with Crippen LogP contribution in [0.5, 0.6) is 11.5 Å². The minimum Gasteiger partial charge on any atom is -0.508 e. The monoisotopic (exact) mass is 205 g/mol. The van der Waals surface area contributed by atoms with Gasteiger partial charge in [-0.05, 0) is 12.1 Å². The highest BCUT2D eigenvalue weighted by Crippen LogP contribution is 2.26.